The van der Waals surface area contributed by atoms with Gasteiger partial charge in [0.25, 0.3) is 0 Å². The summed E-state index contributed by atoms with van der Waals surface area (Å²) in [5, 5.41) is 2.50. The second-order valence-corrected chi connectivity index (χ2v) is 18.1. The van der Waals surface area contributed by atoms with Gasteiger partial charge in [0.05, 0.1) is 0 Å². The zero-order valence-corrected chi connectivity index (χ0v) is 35.4. The molecule has 0 aromatic heterocycles. The fourth-order valence-electron chi connectivity index (χ4n) is 10.6. The summed E-state index contributed by atoms with van der Waals surface area (Å²) >= 11 is 0. The van der Waals surface area contributed by atoms with E-state index in [4.69, 9.17) is 0 Å². The Labute approximate surface area is 356 Å². The highest BCUT2D eigenvalue weighted by molar-refractivity contribution is 5.91. The van der Waals surface area contributed by atoms with Crippen LogP contribution in [-0.2, 0) is 10.8 Å². The average Bonchev–Trinajstić information content (AvgIpc) is 3.53. The zero-order valence-electron chi connectivity index (χ0n) is 35.4. The molecule has 0 amide bonds. The van der Waals surface area contributed by atoms with Gasteiger partial charge in [-0.25, -0.2) is 0 Å². The van der Waals surface area contributed by atoms with Crippen molar-refractivity contribution in [2.24, 2.45) is 11.8 Å². The monoisotopic (exact) mass is 778 g/mol. The molecule has 0 spiro atoms. The smallest absolute Gasteiger partial charge is 0.0468 e. The van der Waals surface area contributed by atoms with Gasteiger partial charge in [0.15, 0.2) is 0 Å². The molecule has 1 saturated carbocycles. The molecule has 1 fully saturated rings. The summed E-state index contributed by atoms with van der Waals surface area (Å²) in [5.41, 5.74) is 15.1. The maximum Gasteiger partial charge on any atom is 0.0468 e. The summed E-state index contributed by atoms with van der Waals surface area (Å²) in [7, 11) is 0. The van der Waals surface area contributed by atoms with Crippen molar-refractivity contribution in [2.45, 2.75) is 64.2 Å². The van der Waals surface area contributed by atoms with Crippen LogP contribution in [0.4, 0.5) is 34.1 Å². The Morgan fingerprint density at radius 2 is 0.933 bits per heavy atom. The molecule has 2 aliphatic rings. The van der Waals surface area contributed by atoms with Gasteiger partial charge >= 0.3 is 0 Å². The van der Waals surface area contributed by atoms with Gasteiger partial charge in [-0.05, 0) is 142 Å². The van der Waals surface area contributed by atoms with E-state index in [9.17, 15) is 0 Å². The highest BCUT2D eigenvalue weighted by atomic mass is 15.1. The molecule has 0 radical (unpaired) electrons. The Balaban J connectivity index is 1.07. The van der Waals surface area contributed by atoms with E-state index in [1.54, 1.807) is 0 Å². The van der Waals surface area contributed by atoms with Crippen molar-refractivity contribution in [3.63, 3.8) is 0 Å². The third kappa shape index (κ3) is 6.59. The van der Waals surface area contributed by atoms with Gasteiger partial charge in [0, 0.05) is 45.0 Å². The first-order chi connectivity index (χ1) is 29.3. The molecule has 0 bridgehead atoms. The minimum absolute atomic E-state index is 0.0777. The predicted octanol–water partition coefficient (Wildman–Crippen LogP) is 16.2. The molecule has 0 heterocycles. The Morgan fingerprint density at radius 3 is 1.57 bits per heavy atom. The average molecular weight is 779 g/mol. The van der Waals surface area contributed by atoms with Crippen LogP contribution in [0.3, 0.4) is 0 Å². The van der Waals surface area contributed by atoms with Crippen LogP contribution in [0.5, 0.6) is 0 Å². The Bertz CT molecular complexity index is 2730. The Kier molecular flexibility index (Phi) is 9.68. The topological polar surface area (TPSA) is 6.48 Å². The van der Waals surface area contributed by atoms with Crippen molar-refractivity contribution in [1.29, 1.82) is 0 Å². The highest BCUT2D eigenvalue weighted by Gasteiger charge is 2.41. The molecule has 2 aliphatic carbocycles. The lowest BCUT2D eigenvalue weighted by Crippen LogP contribution is -2.36. The van der Waals surface area contributed by atoms with Crippen LogP contribution in [0.15, 0.2) is 194 Å². The molecule has 8 aromatic carbocycles. The third-order valence-electron chi connectivity index (χ3n) is 13.9. The number of hydrogen-bond acceptors (Lipinski definition) is 2. The molecule has 2 nitrogen and oxygen atoms in total. The first-order valence-corrected chi connectivity index (χ1v) is 21.9. The van der Waals surface area contributed by atoms with Crippen LogP contribution in [0.25, 0.3) is 21.9 Å². The predicted molar refractivity (Wildman–Crippen MR) is 255 cm³/mol. The van der Waals surface area contributed by atoms with Crippen LogP contribution in [0, 0.1) is 11.8 Å². The van der Waals surface area contributed by atoms with E-state index in [-0.39, 0.29) is 10.8 Å². The summed E-state index contributed by atoms with van der Waals surface area (Å²) in [5.74, 6) is 1.30. The minimum atomic E-state index is -0.0874. The van der Waals surface area contributed by atoms with Crippen molar-refractivity contribution in [3.8, 4) is 11.1 Å². The minimum Gasteiger partial charge on any atom is -0.311 e. The van der Waals surface area contributed by atoms with Gasteiger partial charge in [-0.15, -0.1) is 0 Å². The van der Waals surface area contributed by atoms with Gasteiger partial charge in [-0.1, -0.05) is 162 Å². The van der Waals surface area contributed by atoms with E-state index in [2.05, 4.69) is 232 Å². The van der Waals surface area contributed by atoms with Crippen molar-refractivity contribution in [1.82, 2.24) is 0 Å². The molecule has 10 rings (SSSR count). The second kappa shape index (κ2) is 15.3. The number of para-hydroxylation sites is 2. The summed E-state index contributed by atoms with van der Waals surface area (Å²) in [6, 6.07) is 72.3. The van der Waals surface area contributed by atoms with Crippen LogP contribution in [0.2, 0.25) is 0 Å². The maximum atomic E-state index is 2.47. The quantitative estimate of drug-likeness (QED) is 0.144. The van der Waals surface area contributed by atoms with E-state index >= 15 is 0 Å². The number of nitrogens with zero attached hydrogens (tertiary/aromatic N) is 2. The SMILES string of the molecule is CC(C)C1CCCC(c2ccc(N(c3ccccc3)c3ccccc3)cc2)(c2ccc(N(c3ccc4c(c3)C(C)(C)c3ccccc3-4)c3ccc4ccccc4c3)cc2)C1. The fourth-order valence-corrected chi connectivity index (χ4v) is 10.6. The lowest BCUT2D eigenvalue weighted by Gasteiger charge is -2.44. The molecule has 2 atom stereocenters. The first-order valence-electron chi connectivity index (χ1n) is 21.9. The van der Waals surface area contributed by atoms with E-state index in [0.29, 0.717) is 11.8 Å². The van der Waals surface area contributed by atoms with Crippen LogP contribution in [0.1, 0.15) is 75.6 Å². The van der Waals surface area contributed by atoms with Crippen molar-refractivity contribution < 1.29 is 0 Å². The van der Waals surface area contributed by atoms with Gasteiger partial charge in [0.1, 0.15) is 0 Å². The largest absolute Gasteiger partial charge is 0.311 e. The maximum absolute atomic E-state index is 2.47. The van der Waals surface area contributed by atoms with Crippen molar-refractivity contribution in [2.75, 3.05) is 9.80 Å². The molecular formula is C58H54N2. The summed E-state index contributed by atoms with van der Waals surface area (Å²) in [4.78, 5) is 4.83. The van der Waals surface area contributed by atoms with Crippen molar-refractivity contribution in [3.05, 3.63) is 216 Å². The normalized spacial score (nSPS) is 17.9. The van der Waals surface area contributed by atoms with Crippen molar-refractivity contribution >= 4 is 44.9 Å². The molecular weight excluding hydrogens is 725 g/mol. The van der Waals surface area contributed by atoms with Gasteiger partial charge < -0.3 is 9.80 Å². The molecule has 0 N–H and O–H groups in total. The number of hydrogen-bond donors (Lipinski definition) is 0. The summed E-state index contributed by atoms with van der Waals surface area (Å²) in [6.07, 6.45) is 4.81. The lowest BCUT2D eigenvalue weighted by atomic mass is 9.60. The van der Waals surface area contributed by atoms with Gasteiger partial charge in [-0.3, -0.25) is 0 Å². The van der Waals surface area contributed by atoms with Crippen LogP contribution < -0.4 is 9.80 Å². The molecule has 2 heteroatoms. The van der Waals surface area contributed by atoms with E-state index < -0.39 is 0 Å². The molecule has 2 unspecified atom stereocenters. The van der Waals surface area contributed by atoms with Gasteiger partial charge in [-0.2, -0.15) is 0 Å². The standard InChI is InChI=1S/C58H54N2/c1-41(2)44-18-15-37-58(40-44,45-26-31-49(32-27-45)59(47-19-7-5-8-20-47)48-21-9-6-10-22-48)46-28-33-50(34-29-46)60(51-30-25-42-16-11-12-17-43(42)38-51)52-35-36-54-53-23-13-14-24-55(53)57(3,4)56(54)39-52/h5-14,16-17,19-36,38-39,41,44H,15,18,37,40H2,1-4H3. The Hall–Kier alpha value is -6.38. The second-order valence-electron chi connectivity index (χ2n) is 18.1. The zero-order chi connectivity index (χ0) is 40.8. The number of rotatable bonds is 9. The number of fused-ring (bicyclic) bond motifs is 4. The van der Waals surface area contributed by atoms with Crippen LogP contribution >= 0.6 is 0 Å². The lowest BCUT2D eigenvalue weighted by molar-refractivity contribution is 0.207. The molecule has 8 aromatic rings. The summed E-state index contributed by atoms with van der Waals surface area (Å²) in [6.45, 7) is 9.58. The molecule has 60 heavy (non-hydrogen) atoms. The highest BCUT2D eigenvalue weighted by Crippen LogP contribution is 2.52. The Morgan fingerprint density at radius 1 is 0.450 bits per heavy atom. The number of benzene rings is 8. The van der Waals surface area contributed by atoms with Gasteiger partial charge in [0.2, 0.25) is 0 Å². The molecule has 296 valence electrons. The van der Waals surface area contributed by atoms with E-state index in [0.717, 1.165) is 24.2 Å². The number of anilines is 6. The first kappa shape index (κ1) is 37.9. The van der Waals surface area contributed by atoms with E-state index in [1.165, 1.54) is 79.7 Å². The summed E-state index contributed by atoms with van der Waals surface area (Å²) < 4.78 is 0. The van der Waals surface area contributed by atoms with E-state index in [1.807, 2.05) is 0 Å². The molecule has 0 aliphatic heterocycles. The van der Waals surface area contributed by atoms with Crippen LogP contribution in [-0.4, -0.2) is 0 Å². The molecule has 0 saturated heterocycles. The fraction of sp³-hybridized carbons (Fsp3) is 0.207. The third-order valence-corrected chi connectivity index (χ3v) is 13.9.